The number of Topliss-reactive ketones (excluding diaryl/α,β-unsaturated/α-hetero) is 1. The minimum absolute atomic E-state index is 0.0349. The number of hydrogen-bond donors (Lipinski definition) is 1. The van der Waals surface area contributed by atoms with Crippen molar-refractivity contribution in [2.24, 2.45) is 0 Å². The van der Waals surface area contributed by atoms with Crippen molar-refractivity contribution in [1.82, 2.24) is 0 Å². The second-order valence-corrected chi connectivity index (χ2v) is 7.27. The van der Waals surface area contributed by atoms with Crippen molar-refractivity contribution in [3.8, 4) is 11.5 Å². The van der Waals surface area contributed by atoms with Gasteiger partial charge in [0.1, 0.15) is 11.5 Å². The van der Waals surface area contributed by atoms with Crippen LogP contribution < -0.4 is 14.8 Å². The van der Waals surface area contributed by atoms with Crippen molar-refractivity contribution < 1.29 is 23.5 Å². The fraction of sp³-hybridized carbons (Fsp3) is 0.429. The summed E-state index contributed by atoms with van der Waals surface area (Å²) in [4.78, 5) is 23.8. The molecule has 1 aliphatic carbocycles. The van der Waals surface area contributed by atoms with E-state index in [1.165, 1.54) is 6.92 Å². The molecule has 2 aliphatic rings. The molecule has 142 valence electrons. The first kappa shape index (κ1) is 17.6. The summed E-state index contributed by atoms with van der Waals surface area (Å²) in [5, 5.41) is 2.88. The number of fused-ring (bicyclic) bond motifs is 1. The van der Waals surface area contributed by atoms with Crippen molar-refractivity contribution >= 4 is 17.4 Å². The lowest BCUT2D eigenvalue weighted by molar-refractivity contribution is -0.116. The Bertz CT molecular complexity index is 892. The largest absolute Gasteiger partial charge is 0.466 e. The summed E-state index contributed by atoms with van der Waals surface area (Å²) in [5.41, 5.74) is 1.25. The third-order valence-corrected chi connectivity index (χ3v) is 5.13. The van der Waals surface area contributed by atoms with Crippen molar-refractivity contribution in [3.05, 3.63) is 41.3 Å². The highest BCUT2D eigenvalue weighted by atomic mass is 16.7. The van der Waals surface area contributed by atoms with Gasteiger partial charge in [-0.25, -0.2) is 0 Å². The first-order valence-electron chi connectivity index (χ1n) is 9.36. The molecule has 1 N–H and O–H groups in total. The SMILES string of the molecule is CC(=O)c1cc(CCC(=O)Nc2ccc3c(c2)OC2(CCCC2)O3)oc1C. The number of ketones is 1. The predicted octanol–water partition coefficient (Wildman–Crippen LogP) is 4.40. The van der Waals surface area contributed by atoms with E-state index in [1.807, 2.05) is 18.2 Å². The van der Waals surface area contributed by atoms with Crippen LogP contribution in [0, 0.1) is 6.92 Å². The Balaban J connectivity index is 1.35. The van der Waals surface area contributed by atoms with Gasteiger partial charge in [-0.15, -0.1) is 0 Å². The van der Waals surface area contributed by atoms with Crippen LogP contribution in [0.3, 0.4) is 0 Å². The highest BCUT2D eigenvalue weighted by Crippen LogP contribution is 2.47. The van der Waals surface area contributed by atoms with Gasteiger partial charge in [0.05, 0.1) is 5.56 Å². The molecule has 0 saturated heterocycles. The van der Waals surface area contributed by atoms with Crippen molar-refractivity contribution in [2.75, 3.05) is 5.32 Å². The number of aryl methyl sites for hydroxylation is 2. The van der Waals surface area contributed by atoms with Gasteiger partial charge in [-0.05, 0) is 44.9 Å². The molecular weight excluding hydrogens is 346 g/mol. The number of anilines is 1. The minimum Gasteiger partial charge on any atom is -0.466 e. The van der Waals surface area contributed by atoms with Crippen molar-refractivity contribution in [2.45, 2.75) is 58.2 Å². The van der Waals surface area contributed by atoms with Crippen LogP contribution in [-0.4, -0.2) is 17.5 Å². The van der Waals surface area contributed by atoms with E-state index in [2.05, 4.69) is 5.32 Å². The smallest absolute Gasteiger partial charge is 0.251 e. The lowest BCUT2D eigenvalue weighted by atomic mass is 10.1. The zero-order chi connectivity index (χ0) is 19.0. The molecule has 1 aliphatic heterocycles. The Hall–Kier alpha value is -2.76. The molecule has 1 amide bonds. The van der Waals surface area contributed by atoms with Crippen molar-refractivity contribution in [1.29, 1.82) is 0 Å². The van der Waals surface area contributed by atoms with Gasteiger partial charge in [0, 0.05) is 37.4 Å². The molecule has 6 nitrogen and oxygen atoms in total. The molecule has 2 heterocycles. The number of carbonyl (C=O) groups is 2. The molecule has 1 saturated carbocycles. The molecule has 0 radical (unpaired) electrons. The summed E-state index contributed by atoms with van der Waals surface area (Å²) in [6.45, 7) is 3.26. The summed E-state index contributed by atoms with van der Waals surface area (Å²) in [5.74, 6) is 1.99. The zero-order valence-corrected chi connectivity index (χ0v) is 15.6. The lowest BCUT2D eigenvalue weighted by Crippen LogP contribution is -2.34. The van der Waals surface area contributed by atoms with Crippen LogP contribution in [0.5, 0.6) is 11.5 Å². The molecule has 1 aromatic heterocycles. The average molecular weight is 369 g/mol. The number of carbonyl (C=O) groups excluding carboxylic acids is 2. The van der Waals surface area contributed by atoms with Crippen LogP contribution in [0.4, 0.5) is 5.69 Å². The number of nitrogens with one attached hydrogen (secondary N) is 1. The Kier molecular flexibility index (Phi) is 4.42. The third-order valence-electron chi connectivity index (χ3n) is 5.13. The van der Waals surface area contributed by atoms with Gasteiger partial charge in [0.2, 0.25) is 5.91 Å². The average Bonchev–Trinajstić information content (AvgIpc) is 3.31. The quantitative estimate of drug-likeness (QED) is 0.790. The normalized spacial score (nSPS) is 16.7. The molecule has 1 fully saturated rings. The van der Waals surface area contributed by atoms with Crippen LogP contribution in [0.15, 0.2) is 28.7 Å². The highest BCUT2D eigenvalue weighted by molar-refractivity contribution is 5.95. The van der Waals surface area contributed by atoms with E-state index in [0.29, 0.717) is 34.9 Å². The summed E-state index contributed by atoms with van der Waals surface area (Å²) >= 11 is 0. The first-order chi connectivity index (χ1) is 12.9. The van der Waals surface area contributed by atoms with E-state index in [9.17, 15) is 9.59 Å². The molecule has 6 heteroatoms. The molecule has 4 rings (SSSR count). The van der Waals surface area contributed by atoms with Gasteiger partial charge in [0.15, 0.2) is 17.3 Å². The Morgan fingerprint density at radius 3 is 2.56 bits per heavy atom. The van der Waals surface area contributed by atoms with E-state index in [-0.39, 0.29) is 18.1 Å². The Morgan fingerprint density at radius 2 is 1.85 bits per heavy atom. The highest BCUT2D eigenvalue weighted by Gasteiger charge is 2.44. The number of furan rings is 1. The van der Waals surface area contributed by atoms with Gasteiger partial charge in [-0.2, -0.15) is 0 Å². The number of amides is 1. The molecule has 1 spiro atoms. The molecule has 0 unspecified atom stereocenters. The second kappa shape index (κ2) is 6.76. The van der Waals surface area contributed by atoms with Gasteiger partial charge >= 0.3 is 0 Å². The minimum atomic E-state index is -0.503. The van der Waals surface area contributed by atoms with Gasteiger partial charge < -0.3 is 19.2 Å². The van der Waals surface area contributed by atoms with Crippen LogP contribution >= 0.6 is 0 Å². The monoisotopic (exact) mass is 369 g/mol. The maximum absolute atomic E-state index is 12.3. The third kappa shape index (κ3) is 3.56. The lowest BCUT2D eigenvalue weighted by Gasteiger charge is -2.21. The Morgan fingerprint density at radius 1 is 1.11 bits per heavy atom. The van der Waals surface area contributed by atoms with Gasteiger partial charge in [-0.3, -0.25) is 9.59 Å². The topological polar surface area (TPSA) is 77.8 Å². The molecule has 0 atom stereocenters. The standard InChI is InChI=1S/C21H23NO5/c1-13(23)17-12-16(25-14(17)2)6-8-20(24)22-15-5-7-18-19(11-15)27-21(26-18)9-3-4-10-21/h5,7,11-12H,3-4,6,8-10H2,1-2H3,(H,22,24). The molecular formula is C21H23NO5. The Labute approximate surface area is 157 Å². The summed E-state index contributed by atoms with van der Waals surface area (Å²) in [6, 6.07) is 7.18. The van der Waals surface area contributed by atoms with Crippen LogP contribution in [0.1, 0.15) is 60.9 Å². The summed E-state index contributed by atoms with van der Waals surface area (Å²) < 4.78 is 17.6. The zero-order valence-electron chi connectivity index (χ0n) is 15.6. The van der Waals surface area contributed by atoms with Crippen LogP contribution in [0.2, 0.25) is 0 Å². The van der Waals surface area contributed by atoms with Gasteiger partial charge in [-0.1, -0.05) is 0 Å². The van der Waals surface area contributed by atoms with Gasteiger partial charge in [0.25, 0.3) is 5.79 Å². The summed E-state index contributed by atoms with van der Waals surface area (Å²) in [6.07, 6.45) is 4.71. The molecule has 1 aromatic carbocycles. The van der Waals surface area contributed by atoms with E-state index >= 15 is 0 Å². The summed E-state index contributed by atoms with van der Waals surface area (Å²) in [7, 11) is 0. The predicted molar refractivity (Wildman–Crippen MR) is 99.3 cm³/mol. The van der Waals surface area contributed by atoms with Crippen LogP contribution in [-0.2, 0) is 11.2 Å². The number of hydrogen-bond acceptors (Lipinski definition) is 5. The van der Waals surface area contributed by atoms with E-state index in [1.54, 1.807) is 13.0 Å². The number of ether oxygens (including phenoxy) is 2. The fourth-order valence-electron chi connectivity index (χ4n) is 3.77. The maximum atomic E-state index is 12.3. The molecule has 27 heavy (non-hydrogen) atoms. The molecule has 2 aromatic rings. The second-order valence-electron chi connectivity index (χ2n) is 7.27. The first-order valence-corrected chi connectivity index (χ1v) is 9.36. The molecule has 0 bridgehead atoms. The fourth-order valence-corrected chi connectivity index (χ4v) is 3.77. The van der Waals surface area contributed by atoms with E-state index < -0.39 is 5.79 Å². The van der Waals surface area contributed by atoms with E-state index in [0.717, 1.165) is 31.4 Å². The van der Waals surface area contributed by atoms with Crippen molar-refractivity contribution in [3.63, 3.8) is 0 Å². The van der Waals surface area contributed by atoms with Crippen LogP contribution in [0.25, 0.3) is 0 Å². The maximum Gasteiger partial charge on any atom is 0.251 e. The number of benzene rings is 1. The number of rotatable bonds is 5. The van der Waals surface area contributed by atoms with E-state index in [4.69, 9.17) is 13.9 Å².